The van der Waals surface area contributed by atoms with Crippen LogP contribution in [-0.2, 0) is 4.79 Å². The molecule has 0 bridgehead atoms. The van der Waals surface area contributed by atoms with Crippen molar-refractivity contribution < 1.29 is 14.3 Å². The second-order valence-electron chi connectivity index (χ2n) is 7.63. The summed E-state index contributed by atoms with van der Waals surface area (Å²) in [6.07, 6.45) is 0.851. The molecule has 0 aliphatic carbocycles. The normalized spacial score (nSPS) is 11.1. The predicted molar refractivity (Wildman–Crippen MR) is 137 cm³/mol. The van der Waals surface area contributed by atoms with Crippen LogP contribution in [0.15, 0.2) is 71.8 Å². The Balaban J connectivity index is 1.43. The van der Waals surface area contributed by atoms with E-state index in [1.807, 2.05) is 31.2 Å². The lowest BCUT2D eigenvalue weighted by atomic mass is 10.1. The number of rotatable bonds is 9. The van der Waals surface area contributed by atoms with E-state index in [9.17, 15) is 9.59 Å². The zero-order valence-corrected chi connectivity index (χ0v) is 20.4. The maximum Gasteiger partial charge on any atom is 0.255 e. The minimum Gasteiger partial charge on any atom is -0.493 e. The Morgan fingerprint density at radius 2 is 1.56 bits per heavy atom. The van der Waals surface area contributed by atoms with E-state index in [1.165, 1.54) is 0 Å². The SMILES string of the molecule is C/C(=N/NC(=O)CCCOc1ccc(Cl)cc1C)c1ccc(NC(=O)c2ccc(Cl)cc2)cc1. The molecule has 2 N–H and O–H groups in total. The number of anilines is 1. The molecule has 3 aromatic rings. The molecule has 0 radical (unpaired) electrons. The average Bonchev–Trinajstić information content (AvgIpc) is 2.82. The lowest BCUT2D eigenvalue weighted by Crippen LogP contribution is -2.19. The van der Waals surface area contributed by atoms with Gasteiger partial charge in [-0.25, -0.2) is 5.43 Å². The first-order valence-corrected chi connectivity index (χ1v) is 11.5. The number of nitrogens with one attached hydrogen (secondary N) is 2. The number of benzene rings is 3. The van der Waals surface area contributed by atoms with E-state index in [0.29, 0.717) is 46.5 Å². The van der Waals surface area contributed by atoms with E-state index in [0.717, 1.165) is 16.9 Å². The number of halogens is 2. The van der Waals surface area contributed by atoms with E-state index >= 15 is 0 Å². The van der Waals surface area contributed by atoms with Crippen molar-refractivity contribution in [2.24, 2.45) is 5.10 Å². The molecule has 0 heterocycles. The van der Waals surface area contributed by atoms with Gasteiger partial charge in [-0.3, -0.25) is 9.59 Å². The smallest absolute Gasteiger partial charge is 0.255 e. The van der Waals surface area contributed by atoms with Gasteiger partial charge in [0.25, 0.3) is 5.91 Å². The summed E-state index contributed by atoms with van der Waals surface area (Å²) in [6, 6.07) is 19.3. The maximum absolute atomic E-state index is 12.3. The summed E-state index contributed by atoms with van der Waals surface area (Å²) < 4.78 is 5.70. The molecule has 0 unspecified atom stereocenters. The minimum absolute atomic E-state index is 0.192. The molecule has 34 heavy (non-hydrogen) atoms. The van der Waals surface area contributed by atoms with Crippen LogP contribution < -0.4 is 15.5 Å². The molecule has 176 valence electrons. The number of ether oxygens (including phenoxy) is 1. The summed E-state index contributed by atoms with van der Waals surface area (Å²) in [7, 11) is 0. The fourth-order valence-corrected chi connectivity index (χ4v) is 3.41. The number of hydrogen-bond donors (Lipinski definition) is 2. The van der Waals surface area contributed by atoms with Gasteiger partial charge in [0.1, 0.15) is 5.75 Å². The fourth-order valence-electron chi connectivity index (χ4n) is 3.06. The monoisotopic (exact) mass is 497 g/mol. The topological polar surface area (TPSA) is 79.8 Å². The number of aryl methyl sites for hydroxylation is 1. The van der Waals surface area contributed by atoms with Crippen molar-refractivity contribution in [3.63, 3.8) is 0 Å². The molecule has 3 rings (SSSR count). The molecule has 0 fully saturated rings. The van der Waals surface area contributed by atoms with Crippen molar-refractivity contribution in [1.82, 2.24) is 5.43 Å². The van der Waals surface area contributed by atoms with Crippen molar-refractivity contribution in [2.75, 3.05) is 11.9 Å². The third kappa shape index (κ3) is 7.61. The summed E-state index contributed by atoms with van der Waals surface area (Å²) in [5.41, 5.74) is 6.16. The molecular formula is C26H25Cl2N3O3. The molecule has 0 aromatic heterocycles. The molecule has 0 aliphatic rings. The number of amides is 2. The summed E-state index contributed by atoms with van der Waals surface area (Å²) in [5.74, 6) is 0.339. The first-order valence-electron chi connectivity index (χ1n) is 10.7. The zero-order chi connectivity index (χ0) is 24.5. The fraction of sp³-hybridized carbons (Fsp3) is 0.192. The second kappa shape index (κ2) is 12.2. The minimum atomic E-state index is -0.225. The maximum atomic E-state index is 12.3. The Bertz CT molecular complexity index is 1180. The molecule has 0 aliphatic heterocycles. The number of hydrazone groups is 1. The summed E-state index contributed by atoms with van der Waals surface area (Å²) in [6.45, 7) is 4.14. The molecule has 0 saturated heterocycles. The Hall–Kier alpha value is -3.35. The standard InChI is InChI=1S/C26H25Cl2N3O3/c1-17-16-22(28)11-14-24(17)34-15-3-4-25(32)31-30-18(2)19-7-12-23(13-8-19)29-26(33)20-5-9-21(27)10-6-20/h5-14,16H,3-4,15H2,1-2H3,(H,29,33)(H,31,32)/b30-18-. The van der Waals surface area contributed by atoms with Crippen molar-refractivity contribution >= 4 is 46.4 Å². The van der Waals surface area contributed by atoms with Crippen molar-refractivity contribution in [3.05, 3.63) is 93.5 Å². The van der Waals surface area contributed by atoms with Gasteiger partial charge in [0.05, 0.1) is 12.3 Å². The van der Waals surface area contributed by atoms with Crippen LogP contribution in [0, 0.1) is 6.92 Å². The summed E-state index contributed by atoms with van der Waals surface area (Å²) in [5, 5.41) is 8.23. The van der Waals surface area contributed by atoms with Gasteiger partial charge in [0.15, 0.2) is 0 Å². The quantitative estimate of drug-likeness (QED) is 0.208. The second-order valence-corrected chi connectivity index (χ2v) is 8.51. The Kier molecular flexibility index (Phi) is 9.08. The number of carbonyl (C=O) groups excluding carboxylic acids is 2. The highest BCUT2D eigenvalue weighted by Crippen LogP contribution is 2.22. The predicted octanol–water partition coefficient (Wildman–Crippen LogP) is 6.25. The highest BCUT2D eigenvalue weighted by molar-refractivity contribution is 6.31. The highest BCUT2D eigenvalue weighted by atomic mass is 35.5. The van der Waals surface area contributed by atoms with Crippen LogP contribution in [0.3, 0.4) is 0 Å². The largest absolute Gasteiger partial charge is 0.493 e. The van der Waals surface area contributed by atoms with Crippen LogP contribution in [-0.4, -0.2) is 24.1 Å². The molecule has 2 amide bonds. The van der Waals surface area contributed by atoms with E-state index in [4.69, 9.17) is 27.9 Å². The molecule has 6 nitrogen and oxygen atoms in total. The van der Waals surface area contributed by atoms with Crippen LogP contribution in [0.2, 0.25) is 10.0 Å². The van der Waals surface area contributed by atoms with E-state index in [1.54, 1.807) is 49.4 Å². The summed E-state index contributed by atoms with van der Waals surface area (Å²) >= 11 is 11.8. The third-order valence-corrected chi connectivity index (χ3v) is 5.45. The Labute approximate surface area is 208 Å². The Morgan fingerprint density at radius 3 is 2.24 bits per heavy atom. The zero-order valence-electron chi connectivity index (χ0n) is 18.9. The molecule has 0 spiro atoms. The van der Waals surface area contributed by atoms with Gasteiger partial charge < -0.3 is 10.1 Å². The number of hydrogen-bond acceptors (Lipinski definition) is 4. The molecule has 8 heteroatoms. The highest BCUT2D eigenvalue weighted by Gasteiger charge is 2.07. The van der Waals surface area contributed by atoms with Gasteiger partial charge in [-0.1, -0.05) is 35.3 Å². The van der Waals surface area contributed by atoms with E-state index < -0.39 is 0 Å². The molecular weight excluding hydrogens is 473 g/mol. The van der Waals surface area contributed by atoms with Crippen LogP contribution in [0.1, 0.15) is 41.3 Å². The number of carbonyl (C=O) groups is 2. The number of nitrogens with zero attached hydrogens (tertiary/aromatic N) is 1. The van der Waals surface area contributed by atoms with Gasteiger partial charge in [-0.2, -0.15) is 5.10 Å². The Morgan fingerprint density at radius 1 is 0.912 bits per heavy atom. The van der Waals surface area contributed by atoms with Crippen LogP contribution in [0.5, 0.6) is 5.75 Å². The lowest BCUT2D eigenvalue weighted by molar-refractivity contribution is -0.121. The van der Waals surface area contributed by atoms with E-state index in [-0.39, 0.29) is 11.8 Å². The first-order chi connectivity index (χ1) is 16.3. The van der Waals surface area contributed by atoms with Crippen molar-refractivity contribution in [2.45, 2.75) is 26.7 Å². The van der Waals surface area contributed by atoms with Gasteiger partial charge in [0.2, 0.25) is 5.91 Å². The average molecular weight is 498 g/mol. The van der Waals surface area contributed by atoms with E-state index in [2.05, 4.69) is 15.8 Å². The van der Waals surface area contributed by atoms with Crippen LogP contribution >= 0.6 is 23.2 Å². The van der Waals surface area contributed by atoms with Gasteiger partial charge in [0, 0.05) is 27.7 Å². The van der Waals surface area contributed by atoms with Gasteiger partial charge >= 0.3 is 0 Å². The van der Waals surface area contributed by atoms with Crippen LogP contribution in [0.4, 0.5) is 5.69 Å². The molecule has 0 saturated carbocycles. The molecule has 0 atom stereocenters. The van der Waals surface area contributed by atoms with Gasteiger partial charge in [-0.15, -0.1) is 0 Å². The molecule has 3 aromatic carbocycles. The van der Waals surface area contributed by atoms with Gasteiger partial charge in [-0.05, 0) is 86.0 Å². The first kappa shape index (κ1) is 25.3. The van der Waals surface area contributed by atoms with Crippen LogP contribution in [0.25, 0.3) is 0 Å². The summed E-state index contributed by atoms with van der Waals surface area (Å²) in [4.78, 5) is 24.4. The lowest BCUT2D eigenvalue weighted by Gasteiger charge is -2.09. The van der Waals surface area contributed by atoms with Crippen molar-refractivity contribution in [1.29, 1.82) is 0 Å². The van der Waals surface area contributed by atoms with Crippen molar-refractivity contribution in [3.8, 4) is 5.75 Å². The third-order valence-electron chi connectivity index (χ3n) is 4.96.